The summed E-state index contributed by atoms with van der Waals surface area (Å²) in [6.45, 7) is 0.804. The highest BCUT2D eigenvalue weighted by molar-refractivity contribution is 7.99. The predicted octanol–water partition coefficient (Wildman–Crippen LogP) is 3.92. The van der Waals surface area contributed by atoms with Crippen molar-refractivity contribution in [1.82, 2.24) is 9.55 Å². The number of aromatic nitrogens is 2. The van der Waals surface area contributed by atoms with Crippen LogP contribution in [0.1, 0.15) is 24.8 Å². The van der Waals surface area contributed by atoms with E-state index in [4.69, 9.17) is 15.0 Å². The van der Waals surface area contributed by atoms with Gasteiger partial charge in [-0.15, -0.1) is 0 Å². The van der Waals surface area contributed by atoms with Gasteiger partial charge in [0.25, 0.3) is 5.56 Å². The fraction of sp³-hybridized carbons (Fsp3) is 0.286. The third-order valence-electron chi connectivity index (χ3n) is 4.67. The highest BCUT2D eigenvalue weighted by Gasteiger charge is 2.18. The molecule has 0 aliphatic carbocycles. The molecule has 1 aliphatic heterocycles. The maximum atomic E-state index is 13.2. The van der Waals surface area contributed by atoms with Crippen LogP contribution in [0.3, 0.4) is 0 Å². The number of thioether (sulfide) groups is 1. The summed E-state index contributed by atoms with van der Waals surface area (Å²) in [6, 6.07) is 16.5. The van der Waals surface area contributed by atoms with Crippen molar-refractivity contribution in [3.8, 4) is 11.8 Å². The summed E-state index contributed by atoms with van der Waals surface area (Å²) in [6.07, 6.45) is 3.53. The molecular formula is C21H19N3O2S. The first kappa shape index (κ1) is 17.8. The van der Waals surface area contributed by atoms with Crippen molar-refractivity contribution in [1.29, 1.82) is 5.26 Å². The lowest BCUT2D eigenvalue weighted by Crippen LogP contribution is -2.24. The lowest BCUT2D eigenvalue weighted by atomic mass is 10.1. The van der Waals surface area contributed by atoms with E-state index in [-0.39, 0.29) is 11.7 Å². The fourth-order valence-corrected chi connectivity index (χ4v) is 4.31. The number of hydrogen-bond donors (Lipinski definition) is 0. The van der Waals surface area contributed by atoms with E-state index in [1.165, 1.54) is 6.42 Å². The lowest BCUT2D eigenvalue weighted by Gasteiger charge is -2.22. The largest absolute Gasteiger partial charge is 0.377 e. The maximum absolute atomic E-state index is 13.2. The summed E-state index contributed by atoms with van der Waals surface area (Å²) in [5.74, 6) is 0.765. The molecule has 0 amide bonds. The minimum absolute atomic E-state index is 0.0997. The van der Waals surface area contributed by atoms with Crippen LogP contribution in [0.5, 0.6) is 0 Å². The van der Waals surface area contributed by atoms with Crippen LogP contribution in [-0.4, -0.2) is 28.0 Å². The Balaban J connectivity index is 1.77. The van der Waals surface area contributed by atoms with Gasteiger partial charge in [-0.3, -0.25) is 9.36 Å². The van der Waals surface area contributed by atoms with Crippen molar-refractivity contribution in [3.05, 3.63) is 64.4 Å². The van der Waals surface area contributed by atoms with E-state index in [9.17, 15) is 4.79 Å². The smallest absolute Gasteiger partial charge is 0.266 e. The third-order valence-corrected chi connectivity index (χ3v) is 5.74. The van der Waals surface area contributed by atoms with Crippen molar-refractivity contribution in [3.63, 3.8) is 0 Å². The molecule has 1 fully saturated rings. The summed E-state index contributed by atoms with van der Waals surface area (Å²) in [5, 5.41) is 10.3. The Morgan fingerprint density at radius 2 is 2.00 bits per heavy atom. The van der Waals surface area contributed by atoms with Gasteiger partial charge in [0.15, 0.2) is 5.16 Å². The number of nitrogens with zero attached hydrogens (tertiary/aromatic N) is 3. The third kappa shape index (κ3) is 3.75. The second-order valence-corrected chi connectivity index (χ2v) is 7.50. The molecule has 4 rings (SSSR count). The number of hydrogen-bond acceptors (Lipinski definition) is 5. The Labute approximate surface area is 161 Å². The van der Waals surface area contributed by atoms with Gasteiger partial charge >= 0.3 is 0 Å². The number of fused-ring (bicyclic) bond motifs is 1. The Morgan fingerprint density at radius 1 is 1.19 bits per heavy atom. The molecule has 3 aromatic rings. The number of para-hydroxylation sites is 1. The van der Waals surface area contributed by atoms with E-state index >= 15 is 0 Å². The number of benzene rings is 2. The van der Waals surface area contributed by atoms with Gasteiger partial charge in [0.1, 0.15) is 0 Å². The van der Waals surface area contributed by atoms with Crippen LogP contribution in [0.2, 0.25) is 0 Å². The Hall–Kier alpha value is -2.62. The van der Waals surface area contributed by atoms with Gasteiger partial charge < -0.3 is 4.74 Å². The zero-order valence-electron chi connectivity index (χ0n) is 14.8. The SMILES string of the molecule is N#Cc1ccc(-n2c(SCC3CCCCO3)nc3ccccc3c2=O)cc1. The normalized spacial score (nSPS) is 16.9. The van der Waals surface area contributed by atoms with E-state index in [0.29, 0.717) is 27.3 Å². The predicted molar refractivity (Wildman–Crippen MR) is 106 cm³/mol. The molecule has 0 N–H and O–H groups in total. The van der Waals surface area contributed by atoms with Crippen LogP contribution in [0, 0.1) is 11.3 Å². The molecule has 0 radical (unpaired) electrons. The molecule has 136 valence electrons. The van der Waals surface area contributed by atoms with Crippen molar-refractivity contribution >= 4 is 22.7 Å². The highest BCUT2D eigenvalue weighted by Crippen LogP contribution is 2.25. The molecule has 1 saturated heterocycles. The first-order valence-corrected chi connectivity index (χ1v) is 10.0. The molecule has 1 atom stereocenters. The molecule has 27 heavy (non-hydrogen) atoms. The van der Waals surface area contributed by atoms with E-state index in [1.54, 1.807) is 46.7 Å². The number of rotatable bonds is 4. The van der Waals surface area contributed by atoms with Crippen LogP contribution in [-0.2, 0) is 4.74 Å². The number of ether oxygens (including phenoxy) is 1. The lowest BCUT2D eigenvalue weighted by molar-refractivity contribution is 0.0315. The van der Waals surface area contributed by atoms with Gasteiger partial charge in [-0.25, -0.2) is 4.98 Å². The molecule has 5 nitrogen and oxygen atoms in total. The Morgan fingerprint density at radius 3 is 2.74 bits per heavy atom. The molecule has 0 saturated carbocycles. The van der Waals surface area contributed by atoms with E-state index in [1.807, 2.05) is 18.2 Å². The summed E-state index contributed by atoms with van der Waals surface area (Å²) in [7, 11) is 0. The van der Waals surface area contributed by atoms with Gasteiger partial charge in [-0.05, 0) is 55.7 Å². The van der Waals surface area contributed by atoms with Crippen LogP contribution in [0.25, 0.3) is 16.6 Å². The van der Waals surface area contributed by atoms with Crippen molar-refractivity contribution in [2.24, 2.45) is 0 Å². The average Bonchev–Trinajstić information content (AvgIpc) is 2.73. The monoisotopic (exact) mass is 377 g/mol. The van der Waals surface area contributed by atoms with Crippen molar-refractivity contribution in [2.45, 2.75) is 30.5 Å². The molecule has 0 bridgehead atoms. The van der Waals surface area contributed by atoms with Gasteiger partial charge in [0, 0.05) is 12.4 Å². The Bertz CT molecular complexity index is 1050. The summed E-state index contributed by atoms with van der Waals surface area (Å²) in [5.41, 5.74) is 1.87. The molecular weight excluding hydrogens is 358 g/mol. The molecule has 1 aromatic heterocycles. The Kier molecular flexibility index (Phi) is 5.23. The van der Waals surface area contributed by atoms with E-state index < -0.39 is 0 Å². The van der Waals surface area contributed by atoms with Gasteiger partial charge in [0.2, 0.25) is 0 Å². The minimum Gasteiger partial charge on any atom is -0.377 e. The summed E-state index contributed by atoms with van der Waals surface area (Å²) >= 11 is 1.55. The second kappa shape index (κ2) is 7.95. The van der Waals surface area contributed by atoms with Gasteiger partial charge in [-0.2, -0.15) is 5.26 Å². The summed E-state index contributed by atoms with van der Waals surface area (Å²) in [4.78, 5) is 17.9. The quantitative estimate of drug-likeness (QED) is 0.509. The molecule has 1 aliphatic rings. The van der Waals surface area contributed by atoms with E-state index in [0.717, 1.165) is 25.2 Å². The maximum Gasteiger partial charge on any atom is 0.266 e. The second-order valence-electron chi connectivity index (χ2n) is 6.51. The van der Waals surface area contributed by atoms with Crippen LogP contribution in [0.15, 0.2) is 58.5 Å². The molecule has 6 heteroatoms. The summed E-state index contributed by atoms with van der Waals surface area (Å²) < 4.78 is 7.46. The molecule has 1 unspecified atom stereocenters. The average molecular weight is 377 g/mol. The van der Waals surface area contributed by atoms with Crippen molar-refractivity contribution < 1.29 is 4.74 Å². The number of nitriles is 1. The zero-order chi connectivity index (χ0) is 18.6. The van der Waals surface area contributed by atoms with Crippen LogP contribution in [0.4, 0.5) is 0 Å². The van der Waals surface area contributed by atoms with Crippen LogP contribution >= 0.6 is 11.8 Å². The molecule has 2 heterocycles. The van der Waals surface area contributed by atoms with Gasteiger partial charge in [-0.1, -0.05) is 23.9 Å². The zero-order valence-corrected chi connectivity index (χ0v) is 15.6. The van der Waals surface area contributed by atoms with Crippen molar-refractivity contribution in [2.75, 3.05) is 12.4 Å². The van der Waals surface area contributed by atoms with Crippen LogP contribution < -0.4 is 5.56 Å². The fourth-order valence-electron chi connectivity index (χ4n) is 3.23. The topological polar surface area (TPSA) is 67.9 Å². The van der Waals surface area contributed by atoms with Gasteiger partial charge in [0.05, 0.1) is 34.3 Å². The molecule has 0 spiro atoms. The first-order valence-electron chi connectivity index (χ1n) is 9.03. The standard InChI is InChI=1S/C21H19N3O2S/c22-13-15-8-10-16(11-9-15)24-20(25)18-6-1-2-7-19(18)23-21(24)27-14-17-5-3-4-12-26-17/h1-2,6-11,17H,3-5,12,14H2. The first-order chi connectivity index (χ1) is 13.3. The van der Waals surface area contributed by atoms with E-state index in [2.05, 4.69) is 6.07 Å². The molecule has 2 aromatic carbocycles. The highest BCUT2D eigenvalue weighted by atomic mass is 32.2. The minimum atomic E-state index is -0.0997.